The molecule has 0 amide bonds. The van der Waals surface area contributed by atoms with Crippen LogP contribution in [-0.2, 0) is 10.2 Å². The Kier molecular flexibility index (Phi) is 3.10. The Hall–Kier alpha value is -2.19. The first-order valence-corrected chi connectivity index (χ1v) is 11.0. The lowest BCUT2D eigenvalue weighted by molar-refractivity contribution is -0.140. The third-order valence-corrected chi connectivity index (χ3v) is 9.16. The lowest BCUT2D eigenvalue weighted by atomic mass is 9.54. The van der Waals surface area contributed by atoms with Gasteiger partial charge < -0.3 is 5.11 Å². The Morgan fingerprint density at radius 3 is 2.38 bits per heavy atom. The average molecular weight is 385 g/mol. The topological polar surface area (TPSA) is 37.3 Å². The zero-order valence-electron chi connectivity index (χ0n) is 17.4. The van der Waals surface area contributed by atoms with Gasteiger partial charge in [0.25, 0.3) is 0 Å². The number of carbonyl (C=O) groups is 1. The molecule has 2 nitrogen and oxygen atoms in total. The standard InChI is InChI=1S/C27H28O2/c1-4-5-11-18-16-26(29)21-19-14-9-10-15-20(19)27(17-12-7-6-8-13-17)22(25(26,27)3)23(28)24(18,21)2/h6-10,12-16,21-22,29H,4-5,11H2,1-3H3/t21-,22+,24-,25+,26-,27+/m1/s1. The van der Waals surface area contributed by atoms with Gasteiger partial charge in [0, 0.05) is 22.7 Å². The molecular formula is C27H28O2. The summed E-state index contributed by atoms with van der Waals surface area (Å²) in [5.74, 6) is -0.0107. The first kappa shape index (κ1) is 17.7. The summed E-state index contributed by atoms with van der Waals surface area (Å²) in [6.45, 7) is 6.48. The fourth-order valence-electron chi connectivity index (χ4n) is 7.91. The molecule has 29 heavy (non-hydrogen) atoms. The van der Waals surface area contributed by atoms with Gasteiger partial charge in [-0.3, -0.25) is 4.79 Å². The van der Waals surface area contributed by atoms with Crippen LogP contribution in [0.15, 0.2) is 66.2 Å². The number of rotatable bonds is 4. The lowest BCUT2D eigenvalue weighted by Gasteiger charge is -2.50. The van der Waals surface area contributed by atoms with Crippen molar-refractivity contribution in [1.82, 2.24) is 0 Å². The Labute approximate surface area is 172 Å². The molecule has 2 aromatic carbocycles. The maximum atomic E-state index is 14.2. The molecule has 0 unspecified atom stereocenters. The van der Waals surface area contributed by atoms with Gasteiger partial charge in [-0.05, 0) is 36.5 Å². The van der Waals surface area contributed by atoms with Crippen LogP contribution in [0.4, 0.5) is 0 Å². The SMILES string of the molecule is CCCCC1=C[C@@]2(O)[C@@H]3c4ccccc4[C@@]4(c5ccccc5)[C@@H](C(=O)[C@]13C)[C@]42C. The smallest absolute Gasteiger partial charge is 0.148 e. The number of unbranched alkanes of at least 4 members (excludes halogenated alkanes) is 1. The van der Waals surface area contributed by atoms with E-state index in [9.17, 15) is 9.90 Å². The highest BCUT2D eigenvalue weighted by atomic mass is 16.3. The number of hydrogen-bond donors (Lipinski definition) is 1. The second-order valence-electron chi connectivity index (χ2n) is 9.99. The summed E-state index contributed by atoms with van der Waals surface area (Å²) >= 11 is 0. The summed E-state index contributed by atoms with van der Waals surface area (Å²) in [5.41, 5.74) is 2.27. The molecule has 4 aliphatic rings. The first-order chi connectivity index (χ1) is 13.9. The van der Waals surface area contributed by atoms with Crippen molar-refractivity contribution in [2.24, 2.45) is 16.7 Å². The molecule has 4 aliphatic carbocycles. The number of allylic oxidation sites excluding steroid dienone is 1. The molecule has 2 fully saturated rings. The van der Waals surface area contributed by atoms with Crippen LogP contribution in [-0.4, -0.2) is 16.5 Å². The van der Waals surface area contributed by atoms with E-state index in [-0.39, 0.29) is 11.8 Å². The number of Topliss-reactive ketones (excluding diaryl/α,β-unsaturated/α-hetero) is 1. The molecule has 2 heteroatoms. The van der Waals surface area contributed by atoms with E-state index < -0.39 is 21.8 Å². The fraction of sp³-hybridized carbons (Fsp3) is 0.444. The minimum Gasteiger partial charge on any atom is -0.384 e. The first-order valence-electron chi connectivity index (χ1n) is 11.0. The molecule has 148 valence electrons. The zero-order valence-corrected chi connectivity index (χ0v) is 17.4. The lowest BCUT2D eigenvalue weighted by Crippen LogP contribution is -2.55. The Bertz CT molecular complexity index is 1080. The second kappa shape index (κ2) is 5.10. The predicted molar refractivity (Wildman–Crippen MR) is 114 cm³/mol. The van der Waals surface area contributed by atoms with Crippen molar-refractivity contribution in [2.45, 2.75) is 57.0 Å². The molecule has 6 atom stereocenters. The van der Waals surface area contributed by atoms with E-state index in [2.05, 4.69) is 75.4 Å². The monoisotopic (exact) mass is 384 g/mol. The Morgan fingerprint density at radius 2 is 1.66 bits per heavy atom. The van der Waals surface area contributed by atoms with Crippen LogP contribution in [0.3, 0.4) is 0 Å². The molecule has 0 saturated heterocycles. The van der Waals surface area contributed by atoms with Crippen LogP contribution in [0.2, 0.25) is 0 Å². The fourth-order valence-corrected chi connectivity index (χ4v) is 7.91. The molecular weight excluding hydrogens is 356 g/mol. The normalized spacial score (nSPS) is 43.0. The summed E-state index contributed by atoms with van der Waals surface area (Å²) in [6.07, 6.45) is 5.19. The molecule has 6 rings (SSSR count). The Balaban J connectivity index is 1.71. The van der Waals surface area contributed by atoms with E-state index in [4.69, 9.17) is 0 Å². The van der Waals surface area contributed by atoms with Crippen LogP contribution in [0.1, 0.15) is 62.6 Å². The minimum absolute atomic E-state index is 0.175. The third-order valence-electron chi connectivity index (χ3n) is 9.16. The highest BCUT2D eigenvalue weighted by Crippen LogP contribution is 2.89. The molecule has 2 aromatic rings. The largest absolute Gasteiger partial charge is 0.384 e. The van der Waals surface area contributed by atoms with E-state index in [1.807, 2.05) is 6.07 Å². The van der Waals surface area contributed by atoms with E-state index in [0.717, 1.165) is 19.3 Å². The van der Waals surface area contributed by atoms with E-state index in [1.165, 1.54) is 22.3 Å². The molecule has 4 bridgehead atoms. The average Bonchev–Trinajstić information content (AvgIpc) is 3.28. The van der Waals surface area contributed by atoms with Crippen LogP contribution in [0, 0.1) is 16.7 Å². The maximum absolute atomic E-state index is 14.2. The van der Waals surface area contributed by atoms with Crippen molar-refractivity contribution >= 4 is 5.78 Å². The third kappa shape index (κ3) is 1.53. The van der Waals surface area contributed by atoms with Gasteiger partial charge >= 0.3 is 0 Å². The van der Waals surface area contributed by atoms with Crippen molar-refractivity contribution in [2.75, 3.05) is 0 Å². The van der Waals surface area contributed by atoms with Crippen molar-refractivity contribution in [3.05, 3.63) is 82.9 Å². The highest BCUT2D eigenvalue weighted by Gasteiger charge is 2.93. The van der Waals surface area contributed by atoms with Gasteiger partial charge in [0.15, 0.2) is 0 Å². The number of benzene rings is 2. The minimum atomic E-state index is -0.979. The summed E-state index contributed by atoms with van der Waals surface area (Å²) in [6, 6.07) is 19.0. The molecule has 2 saturated carbocycles. The number of hydrogen-bond acceptors (Lipinski definition) is 2. The molecule has 1 N–H and O–H groups in total. The molecule has 0 aromatic heterocycles. The van der Waals surface area contributed by atoms with Crippen LogP contribution < -0.4 is 0 Å². The summed E-state index contributed by atoms with van der Waals surface area (Å²) in [5, 5.41) is 12.4. The van der Waals surface area contributed by atoms with Gasteiger partial charge in [0.2, 0.25) is 0 Å². The van der Waals surface area contributed by atoms with E-state index in [1.54, 1.807) is 0 Å². The van der Waals surface area contributed by atoms with Gasteiger partial charge in [-0.1, -0.05) is 86.5 Å². The van der Waals surface area contributed by atoms with Crippen molar-refractivity contribution < 1.29 is 9.90 Å². The summed E-state index contributed by atoms with van der Waals surface area (Å²) in [4.78, 5) is 14.2. The van der Waals surface area contributed by atoms with Crippen LogP contribution in [0.5, 0.6) is 0 Å². The number of aliphatic hydroxyl groups is 1. The van der Waals surface area contributed by atoms with Crippen molar-refractivity contribution in [3.8, 4) is 0 Å². The second-order valence-corrected chi connectivity index (χ2v) is 9.99. The quantitative estimate of drug-likeness (QED) is 0.740. The number of fused-ring (bicyclic) bond motifs is 3. The maximum Gasteiger partial charge on any atom is 0.148 e. The zero-order chi connectivity index (χ0) is 20.2. The van der Waals surface area contributed by atoms with Crippen LogP contribution in [0.25, 0.3) is 0 Å². The van der Waals surface area contributed by atoms with Gasteiger partial charge in [-0.2, -0.15) is 0 Å². The van der Waals surface area contributed by atoms with Crippen molar-refractivity contribution in [3.63, 3.8) is 0 Å². The van der Waals surface area contributed by atoms with Gasteiger partial charge in [0.05, 0.1) is 11.0 Å². The number of ketones is 1. The summed E-state index contributed by atoms with van der Waals surface area (Å²) in [7, 11) is 0. The molecule has 0 heterocycles. The predicted octanol–water partition coefficient (Wildman–Crippen LogP) is 5.16. The molecule has 0 aliphatic heterocycles. The Morgan fingerprint density at radius 1 is 0.966 bits per heavy atom. The summed E-state index contributed by atoms with van der Waals surface area (Å²) < 4.78 is 0. The molecule has 0 spiro atoms. The highest BCUT2D eigenvalue weighted by molar-refractivity contribution is 6.03. The van der Waals surface area contributed by atoms with Gasteiger partial charge in [0.1, 0.15) is 5.78 Å². The van der Waals surface area contributed by atoms with Crippen LogP contribution >= 0.6 is 0 Å². The van der Waals surface area contributed by atoms with Crippen molar-refractivity contribution in [1.29, 1.82) is 0 Å². The van der Waals surface area contributed by atoms with E-state index in [0.29, 0.717) is 5.78 Å². The van der Waals surface area contributed by atoms with Gasteiger partial charge in [-0.25, -0.2) is 0 Å². The molecule has 0 radical (unpaired) electrons. The van der Waals surface area contributed by atoms with E-state index >= 15 is 0 Å². The number of carbonyl (C=O) groups excluding carboxylic acids is 1. The van der Waals surface area contributed by atoms with Gasteiger partial charge in [-0.15, -0.1) is 0 Å².